The summed E-state index contributed by atoms with van der Waals surface area (Å²) in [5, 5.41) is 2.41. The number of carbonyl (C=O) groups excluding carboxylic acids is 1. The minimum Gasteiger partial charge on any atom is -0.268 e. The number of halogens is 1. The molecule has 4 aromatic carbocycles. The van der Waals surface area contributed by atoms with Crippen molar-refractivity contribution in [3.63, 3.8) is 0 Å². The van der Waals surface area contributed by atoms with Gasteiger partial charge in [-0.1, -0.05) is 59.9 Å². The van der Waals surface area contributed by atoms with Crippen LogP contribution in [0.1, 0.15) is 10.4 Å². The van der Waals surface area contributed by atoms with Crippen LogP contribution in [0, 0.1) is 5.82 Å². The molecule has 1 aromatic heterocycles. The van der Waals surface area contributed by atoms with Gasteiger partial charge >= 0.3 is 0 Å². The van der Waals surface area contributed by atoms with Gasteiger partial charge in [0.1, 0.15) is 5.82 Å². The monoisotopic (exact) mass is 398 g/mol. The number of para-hydroxylation sites is 1. The average Bonchev–Trinajstić information content (AvgIpc) is 3.18. The molecule has 0 fully saturated rings. The van der Waals surface area contributed by atoms with Crippen LogP contribution in [0.4, 0.5) is 15.2 Å². The Kier molecular flexibility index (Phi) is 4.30. The maximum absolute atomic E-state index is 13.7. The largest absolute Gasteiger partial charge is 0.268 e. The first-order chi connectivity index (χ1) is 14.2. The molecule has 1 amide bonds. The highest BCUT2D eigenvalue weighted by atomic mass is 32.1. The topological polar surface area (TPSA) is 33.2 Å². The minimum absolute atomic E-state index is 0.201. The van der Waals surface area contributed by atoms with Crippen molar-refractivity contribution in [1.29, 1.82) is 0 Å². The van der Waals surface area contributed by atoms with E-state index in [1.807, 2.05) is 66.7 Å². The van der Waals surface area contributed by atoms with Crippen LogP contribution < -0.4 is 4.90 Å². The fraction of sp³-hybridized carbons (Fsp3) is 0. The van der Waals surface area contributed by atoms with E-state index in [2.05, 4.69) is 4.98 Å². The summed E-state index contributed by atoms with van der Waals surface area (Å²) in [6, 6.07) is 27.1. The zero-order valence-corrected chi connectivity index (χ0v) is 16.1. The van der Waals surface area contributed by atoms with E-state index in [0.29, 0.717) is 16.4 Å². The van der Waals surface area contributed by atoms with Gasteiger partial charge < -0.3 is 0 Å². The molecule has 0 radical (unpaired) electrons. The number of hydrogen-bond acceptors (Lipinski definition) is 3. The molecule has 0 aliphatic heterocycles. The van der Waals surface area contributed by atoms with E-state index < -0.39 is 0 Å². The van der Waals surface area contributed by atoms with E-state index in [1.54, 1.807) is 17.0 Å². The van der Waals surface area contributed by atoms with Crippen LogP contribution in [-0.2, 0) is 0 Å². The lowest BCUT2D eigenvalue weighted by Crippen LogP contribution is -2.26. The lowest BCUT2D eigenvalue weighted by molar-refractivity contribution is 0.100. The van der Waals surface area contributed by atoms with Crippen molar-refractivity contribution in [2.24, 2.45) is 0 Å². The zero-order chi connectivity index (χ0) is 19.8. The number of benzene rings is 4. The lowest BCUT2D eigenvalue weighted by atomic mass is 10.0. The van der Waals surface area contributed by atoms with Gasteiger partial charge in [0.05, 0.1) is 15.9 Å². The van der Waals surface area contributed by atoms with E-state index in [4.69, 9.17) is 0 Å². The summed E-state index contributed by atoms with van der Waals surface area (Å²) in [4.78, 5) is 20.0. The molecule has 0 aliphatic rings. The highest BCUT2D eigenvalue weighted by Gasteiger charge is 2.24. The minimum atomic E-state index is -0.351. The van der Waals surface area contributed by atoms with Crippen LogP contribution in [-0.4, -0.2) is 10.9 Å². The molecule has 1 heterocycles. The number of rotatable bonds is 3. The first-order valence-electron chi connectivity index (χ1n) is 9.14. The Bertz CT molecular complexity index is 1310. The summed E-state index contributed by atoms with van der Waals surface area (Å²) in [5.74, 6) is -0.553. The van der Waals surface area contributed by atoms with Crippen molar-refractivity contribution in [3.05, 3.63) is 102 Å². The molecule has 0 saturated heterocycles. The SMILES string of the molecule is O=C(c1cccc2ccccc12)N(c1ccc(F)cc1)c1nc2ccccc2s1. The molecule has 5 heteroatoms. The number of carbonyl (C=O) groups is 1. The molecule has 5 aromatic rings. The summed E-state index contributed by atoms with van der Waals surface area (Å²) >= 11 is 1.43. The molecule has 0 spiro atoms. The van der Waals surface area contributed by atoms with Gasteiger partial charge in [-0.25, -0.2) is 9.37 Å². The van der Waals surface area contributed by atoms with E-state index in [1.165, 1.54) is 23.5 Å². The predicted molar refractivity (Wildman–Crippen MR) is 116 cm³/mol. The number of nitrogens with zero attached hydrogens (tertiary/aromatic N) is 2. The number of amides is 1. The van der Waals surface area contributed by atoms with Gasteiger partial charge in [-0.3, -0.25) is 9.69 Å². The molecule has 140 valence electrons. The van der Waals surface area contributed by atoms with E-state index in [0.717, 1.165) is 21.0 Å². The van der Waals surface area contributed by atoms with E-state index in [9.17, 15) is 9.18 Å². The van der Waals surface area contributed by atoms with Gasteiger partial charge in [-0.15, -0.1) is 0 Å². The highest BCUT2D eigenvalue weighted by molar-refractivity contribution is 7.22. The second-order valence-corrected chi connectivity index (χ2v) is 7.62. The Morgan fingerprint density at radius 3 is 2.38 bits per heavy atom. The summed E-state index contributed by atoms with van der Waals surface area (Å²) in [7, 11) is 0. The van der Waals surface area contributed by atoms with E-state index in [-0.39, 0.29) is 11.7 Å². The lowest BCUT2D eigenvalue weighted by Gasteiger charge is -2.21. The molecule has 3 nitrogen and oxygen atoms in total. The van der Waals surface area contributed by atoms with Crippen LogP contribution in [0.5, 0.6) is 0 Å². The molecule has 0 N–H and O–H groups in total. The fourth-order valence-corrected chi connectivity index (χ4v) is 4.38. The molecule has 0 atom stereocenters. The molecule has 0 bridgehead atoms. The summed E-state index contributed by atoms with van der Waals surface area (Å²) in [6.07, 6.45) is 0. The summed E-state index contributed by atoms with van der Waals surface area (Å²) in [6.45, 7) is 0. The van der Waals surface area contributed by atoms with Crippen LogP contribution in [0.3, 0.4) is 0 Å². The molecular weight excluding hydrogens is 383 g/mol. The molecule has 5 rings (SSSR count). The van der Waals surface area contributed by atoms with Crippen molar-refractivity contribution in [2.45, 2.75) is 0 Å². The number of anilines is 2. The third kappa shape index (κ3) is 3.15. The molecule has 0 aliphatic carbocycles. The molecular formula is C24H15FN2OS. The van der Waals surface area contributed by atoms with Gasteiger partial charge in [0.15, 0.2) is 5.13 Å². The maximum atomic E-state index is 13.7. The predicted octanol–water partition coefficient (Wildman–Crippen LogP) is 6.57. The third-order valence-corrected chi connectivity index (χ3v) is 5.80. The Morgan fingerprint density at radius 1 is 0.828 bits per heavy atom. The Hall–Kier alpha value is -3.57. The normalized spacial score (nSPS) is 11.1. The summed E-state index contributed by atoms with van der Waals surface area (Å²) < 4.78 is 14.5. The van der Waals surface area contributed by atoms with E-state index >= 15 is 0 Å². The standard InChI is InChI=1S/C24H15FN2OS/c25-17-12-14-18(15-13-17)27(24-26-21-10-3-4-11-22(21)29-24)23(28)20-9-5-7-16-6-1-2-8-19(16)20/h1-15H. The average molecular weight is 398 g/mol. The first kappa shape index (κ1) is 17.5. The van der Waals surface area contributed by atoms with Gasteiger partial charge in [0, 0.05) is 5.56 Å². The number of fused-ring (bicyclic) bond motifs is 2. The Morgan fingerprint density at radius 2 is 1.55 bits per heavy atom. The van der Waals surface area contributed by atoms with Crippen LogP contribution in [0.25, 0.3) is 21.0 Å². The molecule has 0 saturated carbocycles. The number of hydrogen-bond donors (Lipinski definition) is 0. The third-order valence-electron chi connectivity index (χ3n) is 4.78. The van der Waals surface area contributed by atoms with Gasteiger partial charge in [-0.05, 0) is 53.2 Å². The molecule has 0 unspecified atom stereocenters. The van der Waals surface area contributed by atoms with Crippen LogP contribution in [0.2, 0.25) is 0 Å². The fourth-order valence-electron chi connectivity index (χ4n) is 3.39. The van der Waals surface area contributed by atoms with Crippen LogP contribution in [0.15, 0.2) is 91.0 Å². The van der Waals surface area contributed by atoms with Crippen molar-refractivity contribution in [2.75, 3.05) is 4.90 Å². The van der Waals surface area contributed by atoms with Crippen molar-refractivity contribution in [1.82, 2.24) is 4.98 Å². The second-order valence-electron chi connectivity index (χ2n) is 6.61. The van der Waals surface area contributed by atoms with Crippen molar-refractivity contribution >= 4 is 49.1 Å². The van der Waals surface area contributed by atoms with Gasteiger partial charge in [0.2, 0.25) is 0 Å². The second kappa shape index (κ2) is 7.11. The highest BCUT2D eigenvalue weighted by Crippen LogP contribution is 2.35. The van der Waals surface area contributed by atoms with Crippen LogP contribution >= 0.6 is 11.3 Å². The van der Waals surface area contributed by atoms with Gasteiger partial charge in [-0.2, -0.15) is 0 Å². The van der Waals surface area contributed by atoms with Crippen molar-refractivity contribution in [3.8, 4) is 0 Å². The van der Waals surface area contributed by atoms with Crippen molar-refractivity contribution < 1.29 is 9.18 Å². The summed E-state index contributed by atoms with van der Waals surface area (Å²) in [5.41, 5.74) is 1.97. The van der Waals surface area contributed by atoms with Gasteiger partial charge in [0.25, 0.3) is 5.91 Å². The quantitative estimate of drug-likeness (QED) is 0.344. The number of aromatic nitrogens is 1. The Labute approximate surface area is 170 Å². The smallest absolute Gasteiger partial charge is 0.265 e. The zero-order valence-electron chi connectivity index (χ0n) is 15.2. The number of thiazole rings is 1. The Balaban J connectivity index is 1.71. The molecule has 29 heavy (non-hydrogen) atoms. The first-order valence-corrected chi connectivity index (χ1v) is 9.96. The maximum Gasteiger partial charge on any atom is 0.265 e.